The van der Waals surface area contributed by atoms with Gasteiger partial charge in [-0.15, -0.1) is 0 Å². The van der Waals surface area contributed by atoms with Crippen molar-refractivity contribution in [1.82, 2.24) is 15.0 Å². The number of nitrogens with zero attached hydrogens (tertiary/aromatic N) is 3. The van der Waals surface area contributed by atoms with Crippen LogP contribution in [0.15, 0.2) is 4.52 Å². The Morgan fingerprint density at radius 1 is 1.24 bits per heavy atom. The maximum atomic E-state index is 13.3. The fourth-order valence-corrected chi connectivity index (χ4v) is 4.24. The Bertz CT molecular complexity index is 530. The van der Waals surface area contributed by atoms with Crippen molar-refractivity contribution in [3.8, 4) is 0 Å². The highest BCUT2D eigenvalue weighted by atomic mass is 19.4. The molecule has 2 saturated carbocycles. The van der Waals surface area contributed by atoms with Crippen LogP contribution < -0.4 is 0 Å². The van der Waals surface area contributed by atoms with Gasteiger partial charge in [0.1, 0.15) is 5.54 Å². The summed E-state index contributed by atoms with van der Waals surface area (Å²) in [4.78, 5) is 5.82. The molecule has 2 aliphatic carbocycles. The van der Waals surface area contributed by atoms with Crippen molar-refractivity contribution in [3.63, 3.8) is 0 Å². The van der Waals surface area contributed by atoms with E-state index in [1.165, 1.54) is 17.7 Å². The predicted octanol–water partition coefficient (Wildman–Crippen LogP) is 3.25. The van der Waals surface area contributed by atoms with E-state index in [0.29, 0.717) is 24.2 Å². The van der Waals surface area contributed by atoms with Gasteiger partial charge >= 0.3 is 6.18 Å². The fraction of sp³-hybridized carbons (Fsp3) is 0.857. The van der Waals surface area contributed by atoms with Crippen molar-refractivity contribution in [3.05, 3.63) is 11.7 Å². The monoisotopic (exact) mass is 301 g/mol. The SMILES string of the molecule is FC(F)(F)C12CC(CN1Cc1nc(C3CCCC3)no1)C2. The summed E-state index contributed by atoms with van der Waals surface area (Å²) in [5, 5.41) is 3.97. The van der Waals surface area contributed by atoms with E-state index in [9.17, 15) is 13.2 Å². The van der Waals surface area contributed by atoms with Gasteiger partial charge < -0.3 is 4.52 Å². The normalized spacial score (nSPS) is 33.6. The Labute approximate surface area is 120 Å². The molecule has 0 spiro atoms. The van der Waals surface area contributed by atoms with Crippen LogP contribution >= 0.6 is 0 Å². The van der Waals surface area contributed by atoms with E-state index >= 15 is 0 Å². The predicted molar refractivity (Wildman–Crippen MR) is 67.4 cm³/mol. The molecule has 0 atom stereocenters. The van der Waals surface area contributed by atoms with Gasteiger partial charge in [-0.2, -0.15) is 18.2 Å². The number of alkyl halides is 3. The number of hydrogen-bond donors (Lipinski definition) is 0. The molecule has 0 aromatic carbocycles. The van der Waals surface area contributed by atoms with Crippen molar-refractivity contribution in [2.45, 2.75) is 62.7 Å². The van der Waals surface area contributed by atoms with E-state index in [1.54, 1.807) is 0 Å². The highest BCUT2D eigenvalue weighted by Gasteiger charge is 2.69. The smallest absolute Gasteiger partial charge is 0.338 e. The maximum Gasteiger partial charge on any atom is 0.406 e. The van der Waals surface area contributed by atoms with Gasteiger partial charge in [-0.05, 0) is 31.6 Å². The Hall–Kier alpha value is -1.11. The standard InChI is InChI=1S/C14H18F3N3O/c15-14(16,17)13-5-9(6-13)7-20(13)8-11-18-12(19-21-11)10-3-1-2-4-10/h9-10H,1-8H2. The van der Waals surface area contributed by atoms with Crippen molar-refractivity contribution in [2.24, 2.45) is 5.92 Å². The molecule has 3 heterocycles. The molecule has 4 nitrogen and oxygen atoms in total. The summed E-state index contributed by atoms with van der Waals surface area (Å²) in [6.45, 7) is 0.608. The first-order chi connectivity index (χ1) is 9.98. The third-order valence-electron chi connectivity index (χ3n) is 5.39. The molecule has 4 aliphatic rings. The molecule has 0 N–H and O–H groups in total. The molecule has 4 fully saturated rings. The maximum absolute atomic E-state index is 13.3. The summed E-state index contributed by atoms with van der Waals surface area (Å²) in [5.41, 5.74) is -1.64. The summed E-state index contributed by atoms with van der Waals surface area (Å²) >= 11 is 0. The molecular formula is C14H18F3N3O. The van der Waals surface area contributed by atoms with Crippen LogP contribution in [0.4, 0.5) is 13.2 Å². The van der Waals surface area contributed by atoms with Crippen molar-refractivity contribution in [1.29, 1.82) is 0 Å². The highest BCUT2D eigenvalue weighted by molar-refractivity contribution is 5.15. The zero-order valence-electron chi connectivity index (χ0n) is 11.7. The van der Waals surface area contributed by atoms with Gasteiger partial charge in [0.15, 0.2) is 5.82 Å². The summed E-state index contributed by atoms with van der Waals surface area (Å²) in [6, 6.07) is 0. The van der Waals surface area contributed by atoms with Crippen molar-refractivity contribution in [2.75, 3.05) is 6.54 Å². The van der Waals surface area contributed by atoms with Gasteiger partial charge in [-0.25, -0.2) is 0 Å². The molecule has 0 radical (unpaired) electrons. The van der Waals surface area contributed by atoms with Crippen molar-refractivity contribution >= 4 is 0 Å². The second-order valence-corrected chi connectivity index (χ2v) is 6.71. The van der Waals surface area contributed by atoms with Gasteiger partial charge in [-0.1, -0.05) is 18.0 Å². The van der Waals surface area contributed by atoms with Gasteiger partial charge in [0, 0.05) is 12.5 Å². The summed E-state index contributed by atoms with van der Waals surface area (Å²) < 4.78 is 45.0. The molecule has 2 aliphatic heterocycles. The zero-order chi connectivity index (χ0) is 14.7. The van der Waals surface area contributed by atoms with Gasteiger partial charge in [0.25, 0.3) is 0 Å². The molecule has 0 amide bonds. The van der Waals surface area contributed by atoms with Crippen LogP contribution in [0.2, 0.25) is 0 Å². The fourth-order valence-electron chi connectivity index (χ4n) is 4.24. The molecule has 2 bridgehead atoms. The van der Waals surface area contributed by atoms with Crippen LogP contribution in [0.5, 0.6) is 0 Å². The molecule has 1 aromatic heterocycles. The number of aromatic nitrogens is 2. The summed E-state index contributed by atoms with van der Waals surface area (Å²) in [5.74, 6) is 1.50. The van der Waals surface area contributed by atoms with Crippen LogP contribution in [0.3, 0.4) is 0 Å². The van der Waals surface area contributed by atoms with Crippen LogP contribution in [0, 0.1) is 5.92 Å². The van der Waals surface area contributed by atoms with E-state index in [0.717, 1.165) is 12.8 Å². The minimum atomic E-state index is -4.17. The second kappa shape index (κ2) is 4.44. The van der Waals surface area contributed by atoms with Crippen LogP contribution in [-0.4, -0.2) is 33.3 Å². The lowest BCUT2D eigenvalue weighted by Gasteiger charge is -2.43. The summed E-state index contributed by atoms with van der Waals surface area (Å²) in [7, 11) is 0. The molecule has 0 unspecified atom stereocenters. The van der Waals surface area contributed by atoms with E-state index < -0.39 is 11.7 Å². The molecule has 1 aromatic rings. The number of fused-ring (bicyclic) bond motifs is 1. The van der Waals surface area contributed by atoms with E-state index in [2.05, 4.69) is 10.1 Å². The zero-order valence-corrected chi connectivity index (χ0v) is 11.7. The number of rotatable bonds is 3. The van der Waals surface area contributed by atoms with E-state index in [4.69, 9.17) is 4.52 Å². The first-order valence-corrected chi connectivity index (χ1v) is 7.62. The Morgan fingerprint density at radius 2 is 1.95 bits per heavy atom. The molecular weight excluding hydrogens is 283 g/mol. The molecule has 116 valence electrons. The first-order valence-electron chi connectivity index (χ1n) is 7.62. The Balaban J connectivity index is 1.49. The van der Waals surface area contributed by atoms with Gasteiger partial charge in [0.05, 0.1) is 6.54 Å². The van der Waals surface area contributed by atoms with Crippen LogP contribution in [0.25, 0.3) is 0 Å². The highest BCUT2D eigenvalue weighted by Crippen LogP contribution is 2.58. The number of halogens is 3. The lowest BCUT2D eigenvalue weighted by Crippen LogP contribution is -2.57. The Kier molecular flexibility index (Phi) is 2.87. The Morgan fingerprint density at radius 3 is 2.62 bits per heavy atom. The average Bonchev–Trinajstić information content (AvgIpc) is 3.08. The molecule has 7 heteroatoms. The quantitative estimate of drug-likeness (QED) is 0.859. The summed E-state index contributed by atoms with van der Waals surface area (Å²) in [6.07, 6.45) is 0.710. The first kappa shape index (κ1) is 13.5. The third-order valence-corrected chi connectivity index (χ3v) is 5.39. The minimum Gasteiger partial charge on any atom is -0.338 e. The van der Waals surface area contributed by atoms with E-state index in [1.807, 2.05) is 0 Å². The molecule has 5 rings (SSSR count). The average molecular weight is 301 g/mol. The lowest BCUT2D eigenvalue weighted by atomic mass is 9.73. The van der Waals surface area contributed by atoms with Gasteiger partial charge in [0.2, 0.25) is 5.89 Å². The molecule has 21 heavy (non-hydrogen) atoms. The van der Waals surface area contributed by atoms with E-state index in [-0.39, 0.29) is 25.3 Å². The van der Waals surface area contributed by atoms with Crippen LogP contribution in [-0.2, 0) is 6.54 Å². The second-order valence-electron chi connectivity index (χ2n) is 6.71. The molecule has 2 saturated heterocycles. The lowest BCUT2D eigenvalue weighted by molar-refractivity contribution is -0.239. The topological polar surface area (TPSA) is 42.2 Å². The van der Waals surface area contributed by atoms with Gasteiger partial charge in [-0.3, -0.25) is 4.90 Å². The third kappa shape index (κ3) is 2.00. The largest absolute Gasteiger partial charge is 0.406 e. The minimum absolute atomic E-state index is 0.121. The number of hydrogen-bond acceptors (Lipinski definition) is 4. The van der Waals surface area contributed by atoms with Crippen LogP contribution in [0.1, 0.15) is 56.2 Å². The van der Waals surface area contributed by atoms with Crippen molar-refractivity contribution < 1.29 is 17.7 Å².